The number of carbonyl (C=O) groups is 1. The van der Waals surface area contributed by atoms with Gasteiger partial charge in [0.2, 0.25) is 0 Å². The highest BCUT2D eigenvalue weighted by Gasteiger charge is 2.09. The summed E-state index contributed by atoms with van der Waals surface area (Å²) in [5.41, 5.74) is 1.13. The Bertz CT molecular complexity index is 544. The number of aryl methyl sites for hydroxylation is 1. The smallest absolute Gasteiger partial charge is 0.277 e. The molecule has 0 atom stereocenters. The number of nitrogens with zero attached hydrogens (tertiary/aromatic N) is 3. The van der Waals surface area contributed by atoms with Crippen molar-refractivity contribution in [1.29, 1.82) is 0 Å². The predicted octanol–water partition coefficient (Wildman–Crippen LogP) is 2.19. The van der Waals surface area contributed by atoms with Crippen molar-refractivity contribution < 1.29 is 4.79 Å². The molecule has 0 aliphatic rings. The third-order valence-corrected chi connectivity index (χ3v) is 2.51. The molecule has 0 aromatic carbocycles. The van der Waals surface area contributed by atoms with E-state index in [9.17, 15) is 4.79 Å². The van der Waals surface area contributed by atoms with Crippen LogP contribution in [0, 0.1) is 6.92 Å². The predicted molar refractivity (Wildman–Crippen MR) is 66.7 cm³/mol. The maximum atomic E-state index is 11.8. The van der Waals surface area contributed by atoms with Crippen LogP contribution in [0.3, 0.4) is 0 Å². The Kier molecular flexibility index (Phi) is 3.43. The van der Waals surface area contributed by atoms with E-state index in [1.54, 1.807) is 6.20 Å². The lowest BCUT2D eigenvalue weighted by molar-refractivity contribution is 0.102. The normalized spacial score (nSPS) is 10.0. The fourth-order valence-electron chi connectivity index (χ4n) is 1.26. The molecular weight excluding hydrogens is 284 g/mol. The molecule has 2 aromatic rings. The first kappa shape index (κ1) is 11.7. The van der Waals surface area contributed by atoms with Gasteiger partial charge in [-0.05, 0) is 34.5 Å². The van der Waals surface area contributed by atoms with Gasteiger partial charge < -0.3 is 5.32 Å². The number of hydrogen-bond donors (Lipinski definition) is 1. The highest BCUT2D eigenvalue weighted by atomic mass is 79.9. The zero-order valence-corrected chi connectivity index (χ0v) is 10.6. The minimum atomic E-state index is -0.323. The van der Waals surface area contributed by atoms with Crippen molar-refractivity contribution in [2.75, 3.05) is 5.32 Å². The molecule has 2 rings (SSSR count). The number of anilines is 1. The van der Waals surface area contributed by atoms with Crippen LogP contribution in [0.2, 0.25) is 0 Å². The maximum absolute atomic E-state index is 11.8. The minimum absolute atomic E-state index is 0.261. The molecule has 0 saturated carbocycles. The Hall–Kier alpha value is -1.82. The number of carbonyl (C=O) groups excluding carboxylic acids is 1. The van der Waals surface area contributed by atoms with Crippen LogP contribution >= 0.6 is 15.9 Å². The summed E-state index contributed by atoms with van der Waals surface area (Å²) in [7, 11) is 0. The highest BCUT2D eigenvalue weighted by Crippen LogP contribution is 2.17. The van der Waals surface area contributed by atoms with E-state index in [0.717, 1.165) is 10.0 Å². The molecular formula is C11H9BrN4O. The van der Waals surface area contributed by atoms with E-state index in [1.165, 1.54) is 18.6 Å². The zero-order valence-electron chi connectivity index (χ0n) is 9.01. The van der Waals surface area contributed by atoms with Gasteiger partial charge in [-0.1, -0.05) is 0 Å². The van der Waals surface area contributed by atoms with Crippen LogP contribution in [0.4, 0.5) is 5.82 Å². The van der Waals surface area contributed by atoms with E-state index in [1.807, 2.05) is 13.0 Å². The monoisotopic (exact) mass is 292 g/mol. The van der Waals surface area contributed by atoms with Gasteiger partial charge in [0.05, 0.1) is 6.20 Å². The summed E-state index contributed by atoms with van der Waals surface area (Å²) in [6.07, 6.45) is 6.01. The SMILES string of the molecule is Cc1cc(Br)cnc1NC(=O)c1cnccn1. The molecule has 0 aliphatic heterocycles. The van der Waals surface area contributed by atoms with Crippen LogP contribution in [0.15, 0.2) is 35.3 Å². The fourth-order valence-corrected chi connectivity index (χ4v) is 1.71. The standard InChI is InChI=1S/C11H9BrN4O/c1-7-4-8(12)5-15-10(7)16-11(17)9-6-13-2-3-14-9/h2-6H,1H3,(H,15,16,17). The van der Waals surface area contributed by atoms with Gasteiger partial charge >= 0.3 is 0 Å². The number of amides is 1. The number of aromatic nitrogens is 3. The molecule has 5 nitrogen and oxygen atoms in total. The largest absolute Gasteiger partial charge is 0.305 e. The summed E-state index contributed by atoms with van der Waals surface area (Å²) >= 11 is 3.31. The second kappa shape index (κ2) is 5.01. The number of pyridine rings is 1. The summed E-state index contributed by atoms with van der Waals surface area (Å²) in [4.78, 5) is 23.6. The van der Waals surface area contributed by atoms with Crippen molar-refractivity contribution in [3.05, 3.63) is 46.6 Å². The molecule has 1 N–H and O–H groups in total. The van der Waals surface area contributed by atoms with Crippen LogP contribution in [-0.2, 0) is 0 Å². The maximum Gasteiger partial charge on any atom is 0.277 e. The lowest BCUT2D eigenvalue weighted by Crippen LogP contribution is -2.15. The van der Waals surface area contributed by atoms with Crippen molar-refractivity contribution in [3.8, 4) is 0 Å². The van der Waals surface area contributed by atoms with E-state index in [4.69, 9.17) is 0 Å². The van der Waals surface area contributed by atoms with Crippen LogP contribution in [0.5, 0.6) is 0 Å². The topological polar surface area (TPSA) is 67.8 Å². The number of halogens is 1. The Labute approximate surface area is 106 Å². The Morgan fingerprint density at radius 2 is 2.12 bits per heavy atom. The van der Waals surface area contributed by atoms with Crippen LogP contribution in [0.25, 0.3) is 0 Å². The molecule has 2 aromatic heterocycles. The average molecular weight is 293 g/mol. The van der Waals surface area contributed by atoms with E-state index in [-0.39, 0.29) is 11.6 Å². The third-order valence-electron chi connectivity index (χ3n) is 2.07. The molecule has 1 amide bonds. The number of rotatable bonds is 2. The third kappa shape index (κ3) is 2.85. The zero-order chi connectivity index (χ0) is 12.3. The first-order valence-electron chi connectivity index (χ1n) is 4.86. The van der Waals surface area contributed by atoms with E-state index < -0.39 is 0 Å². The fraction of sp³-hybridized carbons (Fsp3) is 0.0909. The van der Waals surface area contributed by atoms with E-state index >= 15 is 0 Å². The molecule has 0 saturated heterocycles. The Morgan fingerprint density at radius 1 is 1.29 bits per heavy atom. The van der Waals surface area contributed by atoms with Crippen LogP contribution in [-0.4, -0.2) is 20.9 Å². The van der Waals surface area contributed by atoms with Crippen molar-refractivity contribution in [1.82, 2.24) is 15.0 Å². The Balaban J connectivity index is 2.19. The summed E-state index contributed by atoms with van der Waals surface area (Å²) < 4.78 is 0.868. The van der Waals surface area contributed by atoms with Crippen LogP contribution < -0.4 is 5.32 Å². The molecule has 17 heavy (non-hydrogen) atoms. The lowest BCUT2D eigenvalue weighted by atomic mass is 10.3. The average Bonchev–Trinajstić information content (AvgIpc) is 2.34. The highest BCUT2D eigenvalue weighted by molar-refractivity contribution is 9.10. The van der Waals surface area contributed by atoms with Crippen molar-refractivity contribution in [2.24, 2.45) is 0 Å². The first-order chi connectivity index (χ1) is 8.16. The molecule has 0 unspecified atom stereocenters. The van der Waals surface area contributed by atoms with Gasteiger partial charge in [0.15, 0.2) is 0 Å². The Morgan fingerprint density at radius 3 is 2.76 bits per heavy atom. The molecule has 0 spiro atoms. The summed E-state index contributed by atoms with van der Waals surface area (Å²) in [5, 5.41) is 2.68. The van der Waals surface area contributed by atoms with Crippen molar-refractivity contribution in [3.63, 3.8) is 0 Å². The number of hydrogen-bond acceptors (Lipinski definition) is 4. The minimum Gasteiger partial charge on any atom is -0.305 e. The van der Waals surface area contributed by atoms with Gasteiger partial charge in [-0.15, -0.1) is 0 Å². The van der Waals surface area contributed by atoms with Gasteiger partial charge in [-0.2, -0.15) is 0 Å². The van der Waals surface area contributed by atoms with Gasteiger partial charge in [-0.3, -0.25) is 9.78 Å². The molecule has 6 heteroatoms. The number of nitrogens with one attached hydrogen (secondary N) is 1. The summed E-state index contributed by atoms with van der Waals surface area (Å²) in [6, 6.07) is 1.87. The molecule has 0 radical (unpaired) electrons. The second-order valence-electron chi connectivity index (χ2n) is 3.36. The molecule has 0 aliphatic carbocycles. The van der Waals surface area contributed by atoms with Crippen molar-refractivity contribution >= 4 is 27.7 Å². The lowest BCUT2D eigenvalue weighted by Gasteiger charge is -2.06. The van der Waals surface area contributed by atoms with Gasteiger partial charge in [-0.25, -0.2) is 9.97 Å². The van der Waals surface area contributed by atoms with E-state index in [0.29, 0.717) is 5.82 Å². The van der Waals surface area contributed by atoms with E-state index in [2.05, 4.69) is 36.2 Å². The van der Waals surface area contributed by atoms with Gasteiger partial charge in [0.25, 0.3) is 5.91 Å². The summed E-state index contributed by atoms with van der Waals surface area (Å²) in [5.74, 6) is 0.194. The summed E-state index contributed by atoms with van der Waals surface area (Å²) in [6.45, 7) is 1.87. The molecule has 0 bridgehead atoms. The molecule has 0 fully saturated rings. The van der Waals surface area contributed by atoms with Crippen molar-refractivity contribution in [2.45, 2.75) is 6.92 Å². The van der Waals surface area contributed by atoms with Crippen LogP contribution in [0.1, 0.15) is 16.1 Å². The van der Waals surface area contributed by atoms with Gasteiger partial charge in [0.1, 0.15) is 11.5 Å². The van der Waals surface area contributed by atoms with Gasteiger partial charge in [0, 0.05) is 23.1 Å². The first-order valence-corrected chi connectivity index (χ1v) is 5.65. The quantitative estimate of drug-likeness (QED) is 0.921. The molecule has 2 heterocycles. The molecule has 86 valence electrons. The second-order valence-corrected chi connectivity index (χ2v) is 4.28.